The molecule has 0 radical (unpaired) electrons. The highest BCUT2D eigenvalue weighted by molar-refractivity contribution is 5.63. The van der Waals surface area contributed by atoms with Crippen molar-refractivity contribution in [3.8, 4) is 0 Å². The molecule has 0 aliphatic rings. The maximum Gasteiger partial charge on any atom is 0.132 e. The van der Waals surface area contributed by atoms with Crippen molar-refractivity contribution < 1.29 is 0 Å². The van der Waals surface area contributed by atoms with Crippen molar-refractivity contribution in [2.24, 2.45) is 5.73 Å². The second-order valence-corrected chi connectivity index (χ2v) is 4.77. The summed E-state index contributed by atoms with van der Waals surface area (Å²) in [5, 5.41) is 0. The summed E-state index contributed by atoms with van der Waals surface area (Å²) in [6, 6.07) is 12.5. The number of hydrogen-bond donors (Lipinski definition) is 1. The molecule has 3 nitrogen and oxygen atoms in total. The van der Waals surface area contributed by atoms with E-state index in [-0.39, 0.29) is 6.04 Å². The summed E-state index contributed by atoms with van der Waals surface area (Å²) in [6.07, 6.45) is 1.86. The van der Waals surface area contributed by atoms with Crippen LogP contribution in [0.5, 0.6) is 0 Å². The van der Waals surface area contributed by atoms with Gasteiger partial charge in [-0.15, -0.1) is 0 Å². The van der Waals surface area contributed by atoms with Crippen LogP contribution in [0.3, 0.4) is 0 Å². The van der Waals surface area contributed by atoms with E-state index in [1.807, 2.05) is 25.3 Å². The third-order valence-electron chi connectivity index (χ3n) is 3.30. The van der Waals surface area contributed by atoms with E-state index in [4.69, 9.17) is 5.73 Å². The van der Waals surface area contributed by atoms with Gasteiger partial charge < -0.3 is 10.6 Å². The van der Waals surface area contributed by atoms with Crippen molar-refractivity contribution >= 4 is 11.5 Å². The molecule has 1 heterocycles. The van der Waals surface area contributed by atoms with Gasteiger partial charge in [-0.3, -0.25) is 0 Å². The number of para-hydroxylation sites is 1. The van der Waals surface area contributed by atoms with E-state index in [0.717, 1.165) is 17.9 Å². The van der Waals surface area contributed by atoms with E-state index < -0.39 is 0 Å². The predicted octanol–water partition coefficient (Wildman–Crippen LogP) is 3.57. The summed E-state index contributed by atoms with van der Waals surface area (Å²) in [6.45, 7) is 7.10. The van der Waals surface area contributed by atoms with Crippen LogP contribution in [0.2, 0.25) is 0 Å². The quantitative estimate of drug-likeness (QED) is 0.908. The highest BCUT2D eigenvalue weighted by Crippen LogP contribution is 2.26. The Kier molecular flexibility index (Phi) is 4.17. The SMILES string of the molecule is CCN(c1ccc(C(C)N)cn1)c1ccccc1C. The summed E-state index contributed by atoms with van der Waals surface area (Å²) in [5.41, 5.74) is 9.37. The van der Waals surface area contributed by atoms with Gasteiger partial charge in [-0.05, 0) is 44.0 Å². The molecule has 1 unspecified atom stereocenters. The molecular formula is C16H21N3. The molecule has 19 heavy (non-hydrogen) atoms. The van der Waals surface area contributed by atoms with Crippen molar-refractivity contribution in [3.05, 3.63) is 53.7 Å². The lowest BCUT2D eigenvalue weighted by Crippen LogP contribution is -2.18. The van der Waals surface area contributed by atoms with Crippen molar-refractivity contribution in [2.45, 2.75) is 26.8 Å². The number of aryl methyl sites for hydroxylation is 1. The first-order chi connectivity index (χ1) is 9.13. The normalized spacial score (nSPS) is 12.2. The lowest BCUT2D eigenvalue weighted by Gasteiger charge is -2.24. The topological polar surface area (TPSA) is 42.1 Å². The molecule has 0 spiro atoms. The molecule has 1 aromatic carbocycles. The zero-order valence-corrected chi connectivity index (χ0v) is 11.8. The number of nitrogens with zero attached hydrogens (tertiary/aromatic N) is 2. The zero-order chi connectivity index (χ0) is 13.8. The molecule has 0 bridgehead atoms. The lowest BCUT2D eigenvalue weighted by molar-refractivity contribution is 0.810. The maximum atomic E-state index is 5.85. The van der Waals surface area contributed by atoms with Crippen LogP contribution in [-0.2, 0) is 0 Å². The highest BCUT2D eigenvalue weighted by atomic mass is 15.2. The molecule has 0 fully saturated rings. The molecule has 0 saturated heterocycles. The van der Waals surface area contributed by atoms with Crippen molar-refractivity contribution in [3.63, 3.8) is 0 Å². The maximum absolute atomic E-state index is 5.85. The Balaban J connectivity index is 2.35. The minimum atomic E-state index is 0.0232. The Morgan fingerprint density at radius 2 is 1.95 bits per heavy atom. The molecule has 0 saturated carbocycles. The van der Waals surface area contributed by atoms with Crippen molar-refractivity contribution in [2.75, 3.05) is 11.4 Å². The van der Waals surface area contributed by atoms with Gasteiger partial charge in [0.15, 0.2) is 0 Å². The Morgan fingerprint density at radius 1 is 1.21 bits per heavy atom. The zero-order valence-electron chi connectivity index (χ0n) is 11.8. The minimum Gasteiger partial charge on any atom is -0.326 e. The smallest absolute Gasteiger partial charge is 0.132 e. The van der Waals surface area contributed by atoms with E-state index in [2.05, 4.69) is 48.0 Å². The van der Waals surface area contributed by atoms with Crippen LogP contribution in [0.1, 0.15) is 31.0 Å². The summed E-state index contributed by atoms with van der Waals surface area (Å²) < 4.78 is 0. The Labute approximate surface area is 115 Å². The van der Waals surface area contributed by atoms with Crippen molar-refractivity contribution in [1.82, 2.24) is 4.98 Å². The van der Waals surface area contributed by atoms with Gasteiger partial charge in [0.2, 0.25) is 0 Å². The highest BCUT2D eigenvalue weighted by Gasteiger charge is 2.11. The van der Waals surface area contributed by atoms with Gasteiger partial charge in [0.05, 0.1) is 0 Å². The van der Waals surface area contributed by atoms with Crippen LogP contribution in [0.4, 0.5) is 11.5 Å². The average molecular weight is 255 g/mol. The average Bonchev–Trinajstić information content (AvgIpc) is 2.42. The number of rotatable bonds is 4. The lowest BCUT2D eigenvalue weighted by atomic mass is 10.1. The van der Waals surface area contributed by atoms with Crippen LogP contribution < -0.4 is 10.6 Å². The number of pyridine rings is 1. The monoisotopic (exact) mass is 255 g/mol. The van der Waals surface area contributed by atoms with Crippen LogP contribution in [0.15, 0.2) is 42.6 Å². The van der Waals surface area contributed by atoms with Crippen molar-refractivity contribution in [1.29, 1.82) is 0 Å². The van der Waals surface area contributed by atoms with E-state index in [1.165, 1.54) is 11.3 Å². The number of anilines is 2. The first kappa shape index (κ1) is 13.6. The van der Waals surface area contributed by atoms with Gasteiger partial charge in [0.1, 0.15) is 5.82 Å². The fraction of sp³-hybridized carbons (Fsp3) is 0.312. The van der Waals surface area contributed by atoms with Crippen LogP contribution in [0, 0.1) is 6.92 Å². The molecule has 2 aromatic rings. The molecule has 0 aliphatic heterocycles. The number of nitrogens with two attached hydrogens (primary N) is 1. The summed E-state index contributed by atoms with van der Waals surface area (Å²) in [4.78, 5) is 6.74. The Bertz CT molecular complexity index is 532. The van der Waals surface area contributed by atoms with Gasteiger partial charge in [-0.1, -0.05) is 24.3 Å². The summed E-state index contributed by atoms with van der Waals surface area (Å²) in [7, 11) is 0. The molecule has 100 valence electrons. The van der Waals surface area contributed by atoms with E-state index in [9.17, 15) is 0 Å². The molecule has 1 aromatic heterocycles. The van der Waals surface area contributed by atoms with Gasteiger partial charge in [-0.25, -0.2) is 4.98 Å². The summed E-state index contributed by atoms with van der Waals surface area (Å²) in [5.74, 6) is 0.959. The second kappa shape index (κ2) is 5.85. The standard InChI is InChI=1S/C16H21N3/c1-4-19(15-8-6-5-7-12(15)2)16-10-9-14(11-18-16)13(3)17/h5-11,13H,4,17H2,1-3H3. The largest absolute Gasteiger partial charge is 0.326 e. The number of aromatic nitrogens is 1. The van der Waals surface area contributed by atoms with Gasteiger partial charge in [0, 0.05) is 24.5 Å². The molecule has 0 aliphatic carbocycles. The molecule has 2 rings (SSSR count). The number of benzene rings is 1. The van der Waals surface area contributed by atoms with Gasteiger partial charge in [-0.2, -0.15) is 0 Å². The fourth-order valence-electron chi connectivity index (χ4n) is 2.15. The van der Waals surface area contributed by atoms with E-state index >= 15 is 0 Å². The van der Waals surface area contributed by atoms with Crippen LogP contribution in [0.25, 0.3) is 0 Å². The number of hydrogen-bond acceptors (Lipinski definition) is 3. The van der Waals surface area contributed by atoms with E-state index in [0.29, 0.717) is 0 Å². The third kappa shape index (κ3) is 2.93. The third-order valence-corrected chi connectivity index (χ3v) is 3.30. The minimum absolute atomic E-state index is 0.0232. The molecule has 3 heteroatoms. The second-order valence-electron chi connectivity index (χ2n) is 4.77. The predicted molar refractivity (Wildman–Crippen MR) is 80.7 cm³/mol. The van der Waals surface area contributed by atoms with Crippen LogP contribution >= 0.6 is 0 Å². The van der Waals surface area contributed by atoms with Gasteiger partial charge >= 0.3 is 0 Å². The first-order valence-electron chi connectivity index (χ1n) is 6.68. The van der Waals surface area contributed by atoms with Gasteiger partial charge in [0.25, 0.3) is 0 Å². The molecule has 1 atom stereocenters. The Morgan fingerprint density at radius 3 is 2.47 bits per heavy atom. The first-order valence-corrected chi connectivity index (χ1v) is 6.68. The molecular weight excluding hydrogens is 234 g/mol. The van der Waals surface area contributed by atoms with Crippen LogP contribution in [-0.4, -0.2) is 11.5 Å². The summed E-state index contributed by atoms with van der Waals surface area (Å²) >= 11 is 0. The Hall–Kier alpha value is -1.87. The fourth-order valence-corrected chi connectivity index (χ4v) is 2.15. The van der Waals surface area contributed by atoms with E-state index in [1.54, 1.807) is 0 Å². The molecule has 0 amide bonds. The molecule has 2 N–H and O–H groups in total.